The van der Waals surface area contributed by atoms with Crippen molar-refractivity contribution in [3.63, 3.8) is 0 Å². The highest BCUT2D eigenvalue weighted by molar-refractivity contribution is 8.11. The standard InChI is InChI=1S/C21H22O4S2/c1-23-18-13-16(19-20(21(22)24-2)27-12-6-11-26-19)9-10-17(18)25-14-15-7-4-3-5-8-15/h3-5,7-10,13H,6,11-12,14H2,1-2H3. The van der Waals surface area contributed by atoms with Crippen molar-refractivity contribution in [2.45, 2.75) is 13.0 Å². The number of hydrogen-bond acceptors (Lipinski definition) is 6. The second kappa shape index (κ2) is 9.76. The smallest absolute Gasteiger partial charge is 0.345 e. The second-order valence-corrected chi connectivity index (χ2v) is 8.05. The number of rotatable bonds is 6. The molecule has 0 amide bonds. The van der Waals surface area contributed by atoms with Crippen LogP contribution in [0, 0.1) is 0 Å². The summed E-state index contributed by atoms with van der Waals surface area (Å²) in [6.45, 7) is 0.469. The third-order valence-corrected chi connectivity index (χ3v) is 6.52. The number of methoxy groups -OCH3 is 2. The molecule has 0 aromatic heterocycles. The number of ether oxygens (including phenoxy) is 3. The molecule has 0 spiro atoms. The maximum Gasteiger partial charge on any atom is 0.345 e. The number of hydrogen-bond donors (Lipinski definition) is 0. The molecular formula is C21H22O4S2. The Morgan fingerprint density at radius 1 is 1.00 bits per heavy atom. The van der Waals surface area contributed by atoms with Gasteiger partial charge in [-0.25, -0.2) is 4.79 Å². The number of carbonyl (C=O) groups excluding carboxylic acids is 1. The van der Waals surface area contributed by atoms with Gasteiger partial charge in [0.2, 0.25) is 0 Å². The lowest BCUT2D eigenvalue weighted by Crippen LogP contribution is -2.04. The molecule has 0 saturated heterocycles. The zero-order valence-electron chi connectivity index (χ0n) is 15.4. The van der Waals surface area contributed by atoms with Crippen LogP contribution in [0.5, 0.6) is 11.5 Å². The Kier molecular flexibility index (Phi) is 7.12. The average molecular weight is 403 g/mol. The molecule has 2 aromatic carbocycles. The minimum atomic E-state index is -0.284. The third kappa shape index (κ3) is 5.02. The average Bonchev–Trinajstić information content (AvgIpc) is 2.98. The monoisotopic (exact) mass is 402 g/mol. The second-order valence-electron chi connectivity index (χ2n) is 5.84. The molecule has 0 fully saturated rings. The lowest BCUT2D eigenvalue weighted by molar-refractivity contribution is -0.135. The summed E-state index contributed by atoms with van der Waals surface area (Å²) in [6.07, 6.45) is 1.05. The van der Waals surface area contributed by atoms with Crippen LogP contribution in [-0.4, -0.2) is 31.7 Å². The van der Waals surface area contributed by atoms with E-state index in [1.54, 1.807) is 30.6 Å². The lowest BCUT2D eigenvalue weighted by Gasteiger charge is -2.15. The Labute approximate surface area is 168 Å². The van der Waals surface area contributed by atoms with Crippen LogP contribution in [0.3, 0.4) is 0 Å². The van der Waals surface area contributed by atoms with E-state index in [0.29, 0.717) is 23.0 Å². The third-order valence-electron chi connectivity index (χ3n) is 4.02. The van der Waals surface area contributed by atoms with E-state index in [2.05, 4.69) is 0 Å². The quantitative estimate of drug-likeness (QED) is 0.635. The summed E-state index contributed by atoms with van der Waals surface area (Å²) in [5.74, 6) is 2.92. The van der Waals surface area contributed by atoms with Gasteiger partial charge in [0.15, 0.2) is 11.5 Å². The van der Waals surface area contributed by atoms with Crippen LogP contribution in [0.2, 0.25) is 0 Å². The molecule has 142 valence electrons. The van der Waals surface area contributed by atoms with Crippen LogP contribution in [-0.2, 0) is 16.1 Å². The fraction of sp³-hybridized carbons (Fsp3) is 0.286. The molecule has 6 heteroatoms. The summed E-state index contributed by atoms with van der Waals surface area (Å²) in [5.41, 5.74) is 2.04. The van der Waals surface area contributed by atoms with Gasteiger partial charge < -0.3 is 14.2 Å². The van der Waals surface area contributed by atoms with Gasteiger partial charge in [-0.1, -0.05) is 30.3 Å². The molecule has 0 radical (unpaired) electrons. The Balaban J connectivity index is 1.87. The highest BCUT2D eigenvalue weighted by Crippen LogP contribution is 2.42. The lowest BCUT2D eigenvalue weighted by atomic mass is 10.1. The molecule has 4 nitrogen and oxygen atoms in total. The van der Waals surface area contributed by atoms with Crippen molar-refractivity contribution in [3.8, 4) is 11.5 Å². The van der Waals surface area contributed by atoms with Crippen molar-refractivity contribution in [3.05, 3.63) is 64.6 Å². The first-order valence-corrected chi connectivity index (χ1v) is 10.6. The van der Waals surface area contributed by atoms with E-state index < -0.39 is 0 Å². The van der Waals surface area contributed by atoms with Crippen molar-refractivity contribution in [2.75, 3.05) is 25.7 Å². The first-order chi connectivity index (χ1) is 13.2. The van der Waals surface area contributed by atoms with E-state index in [9.17, 15) is 4.79 Å². The summed E-state index contributed by atoms with van der Waals surface area (Å²) >= 11 is 3.24. The molecular weight excluding hydrogens is 380 g/mol. The molecule has 0 bridgehead atoms. The molecule has 27 heavy (non-hydrogen) atoms. The molecule has 1 heterocycles. The van der Waals surface area contributed by atoms with Gasteiger partial charge in [-0.3, -0.25) is 0 Å². The molecule has 3 rings (SSSR count). The van der Waals surface area contributed by atoms with Crippen molar-refractivity contribution in [2.24, 2.45) is 0 Å². The van der Waals surface area contributed by atoms with E-state index in [-0.39, 0.29) is 5.97 Å². The normalized spacial score (nSPS) is 14.4. The van der Waals surface area contributed by atoms with Gasteiger partial charge in [-0.2, -0.15) is 0 Å². The molecule has 2 aromatic rings. The number of benzene rings is 2. The van der Waals surface area contributed by atoms with Crippen LogP contribution >= 0.6 is 23.5 Å². The van der Waals surface area contributed by atoms with Gasteiger partial charge in [-0.15, -0.1) is 23.5 Å². The van der Waals surface area contributed by atoms with Gasteiger partial charge in [0.1, 0.15) is 11.5 Å². The summed E-state index contributed by atoms with van der Waals surface area (Å²) in [5, 5.41) is 0. The highest BCUT2D eigenvalue weighted by atomic mass is 32.2. The van der Waals surface area contributed by atoms with Crippen molar-refractivity contribution < 1.29 is 19.0 Å². The van der Waals surface area contributed by atoms with Crippen molar-refractivity contribution >= 4 is 34.4 Å². The molecule has 0 saturated carbocycles. The highest BCUT2D eigenvalue weighted by Gasteiger charge is 2.22. The predicted octanol–water partition coefficient (Wildman–Crippen LogP) is 4.99. The predicted molar refractivity (Wildman–Crippen MR) is 112 cm³/mol. The summed E-state index contributed by atoms with van der Waals surface area (Å²) in [6, 6.07) is 15.8. The summed E-state index contributed by atoms with van der Waals surface area (Å²) in [7, 11) is 3.04. The van der Waals surface area contributed by atoms with E-state index in [0.717, 1.165) is 34.0 Å². The van der Waals surface area contributed by atoms with Gasteiger partial charge in [0.05, 0.1) is 14.2 Å². The van der Waals surface area contributed by atoms with E-state index >= 15 is 0 Å². The van der Waals surface area contributed by atoms with E-state index in [4.69, 9.17) is 14.2 Å². The van der Waals surface area contributed by atoms with Gasteiger partial charge in [0.25, 0.3) is 0 Å². The Morgan fingerprint density at radius 2 is 1.78 bits per heavy atom. The fourth-order valence-corrected chi connectivity index (χ4v) is 5.14. The van der Waals surface area contributed by atoms with Crippen LogP contribution < -0.4 is 9.47 Å². The largest absolute Gasteiger partial charge is 0.493 e. The number of esters is 1. The molecule has 0 unspecified atom stereocenters. The minimum absolute atomic E-state index is 0.284. The first kappa shape index (κ1) is 19.7. The Morgan fingerprint density at radius 3 is 2.52 bits per heavy atom. The number of carbonyl (C=O) groups is 1. The van der Waals surface area contributed by atoms with Gasteiger partial charge in [0, 0.05) is 4.91 Å². The maximum atomic E-state index is 12.2. The van der Waals surface area contributed by atoms with Crippen molar-refractivity contribution in [1.29, 1.82) is 0 Å². The molecule has 0 N–H and O–H groups in total. The molecule has 0 aliphatic carbocycles. The summed E-state index contributed by atoms with van der Waals surface area (Å²) < 4.78 is 16.4. The zero-order valence-corrected chi connectivity index (χ0v) is 17.0. The van der Waals surface area contributed by atoms with Gasteiger partial charge in [-0.05, 0) is 47.3 Å². The van der Waals surface area contributed by atoms with Crippen LogP contribution in [0.25, 0.3) is 4.91 Å². The van der Waals surface area contributed by atoms with E-state index in [1.165, 1.54) is 7.11 Å². The minimum Gasteiger partial charge on any atom is -0.493 e. The van der Waals surface area contributed by atoms with Crippen LogP contribution in [0.15, 0.2) is 53.4 Å². The Bertz CT molecular complexity index is 818. The molecule has 1 aliphatic heterocycles. The molecule has 0 atom stereocenters. The fourth-order valence-electron chi connectivity index (χ4n) is 2.66. The maximum absolute atomic E-state index is 12.2. The van der Waals surface area contributed by atoms with E-state index in [1.807, 2.05) is 48.5 Å². The Hall–Kier alpha value is -2.05. The SMILES string of the molecule is COC(=O)C1=C(c2ccc(OCc3ccccc3)c(OC)c2)SCCCS1. The van der Waals surface area contributed by atoms with Gasteiger partial charge >= 0.3 is 5.97 Å². The van der Waals surface area contributed by atoms with Crippen LogP contribution in [0.1, 0.15) is 17.5 Å². The molecule has 1 aliphatic rings. The van der Waals surface area contributed by atoms with Crippen LogP contribution in [0.4, 0.5) is 0 Å². The van der Waals surface area contributed by atoms with Crippen molar-refractivity contribution in [1.82, 2.24) is 0 Å². The topological polar surface area (TPSA) is 44.8 Å². The zero-order chi connectivity index (χ0) is 19.1. The first-order valence-electron chi connectivity index (χ1n) is 8.66. The summed E-state index contributed by atoms with van der Waals surface area (Å²) in [4.78, 5) is 13.8. The number of thioether (sulfide) groups is 2.